The molecule has 0 spiro atoms. The van der Waals surface area contributed by atoms with E-state index in [1.165, 1.54) is 17.7 Å². The van der Waals surface area contributed by atoms with Crippen molar-refractivity contribution in [1.29, 1.82) is 0 Å². The molecule has 0 aliphatic heterocycles. The number of pyridine rings is 1. The van der Waals surface area contributed by atoms with Crippen LogP contribution in [0, 0.1) is 24.0 Å². The van der Waals surface area contributed by atoms with E-state index in [4.69, 9.17) is 0 Å². The minimum absolute atomic E-state index is 0.0783. The smallest absolute Gasteiger partial charge is 0.334 e. The molecule has 0 radical (unpaired) electrons. The lowest BCUT2D eigenvalue weighted by atomic mass is 10.2. The maximum atomic E-state index is 11.8. The number of rotatable bonds is 5. The summed E-state index contributed by atoms with van der Waals surface area (Å²) >= 11 is 1.41. The number of aryl methyl sites for hydroxylation is 2. The Bertz CT molecular complexity index is 1170. The topological polar surface area (TPSA) is 119 Å². The first kappa shape index (κ1) is 17.7. The third-order valence-corrected chi connectivity index (χ3v) is 5.15. The summed E-state index contributed by atoms with van der Waals surface area (Å²) in [6.07, 6.45) is 2.97. The van der Waals surface area contributed by atoms with Gasteiger partial charge in [0.1, 0.15) is 6.33 Å². The number of nitrogens with zero attached hydrogens (tertiary/aromatic N) is 5. The highest BCUT2D eigenvalue weighted by Gasteiger charge is 2.24. The van der Waals surface area contributed by atoms with E-state index in [0.29, 0.717) is 10.8 Å². The van der Waals surface area contributed by atoms with Gasteiger partial charge in [-0.25, -0.2) is 15.0 Å². The fraction of sp³-hybridized carbons (Fsp3) is 0.111. The molecule has 4 aromatic rings. The van der Waals surface area contributed by atoms with Gasteiger partial charge < -0.3 is 10.6 Å². The molecule has 10 heteroatoms. The highest BCUT2D eigenvalue weighted by molar-refractivity contribution is 7.15. The Morgan fingerprint density at radius 3 is 2.54 bits per heavy atom. The predicted octanol–water partition coefficient (Wildman–Crippen LogP) is 4.49. The molecule has 28 heavy (non-hydrogen) atoms. The Morgan fingerprint density at radius 1 is 1.04 bits per heavy atom. The molecule has 0 saturated heterocycles. The number of thiazole rings is 1. The van der Waals surface area contributed by atoms with E-state index < -0.39 is 4.92 Å². The second-order valence-corrected chi connectivity index (χ2v) is 7.17. The van der Waals surface area contributed by atoms with E-state index in [2.05, 4.69) is 30.6 Å². The van der Waals surface area contributed by atoms with Crippen LogP contribution in [0.3, 0.4) is 0 Å². The van der Waals surface area contributed by atoms with Crippen LogP contribution in [0.1, 0.15) is 10.6 Å². The number of nitro groups is 1. The molecule has 0 saturated carbocycles. The molecule has 1 aromatic carbocycles. The number of benzene rings is 1. The number of aromatic nitrogens is 4. The van der Waals surface area contributed by atoms with Gasteiger partial charge in [0.05, 0.1) is 16.1 Å². The normalized spacial score (nSPS) is 10.8. The Balaban J connectivity index is 1.75. The maximum absolute atomic E-state index is 11.8. The Kier molecular flexibility index (Phi) is 4.53. The highest BCUT2D eigenvalue weighted by Crippen LogP contribution is 2.35. The van der Waals surface area contributed by atoms with Crippen molar-refractivity contribution in [3.05, 3.63) is 63.5 Å². The van der Waals surface area contributed by atoms with Crippen LogP contribution in [0.4, 0.5) is 28.1 Å². The molecule has 0 fully saturated rings. The molecule has 3 heterocycles. The molecule has 4 rings (SSSR count). The van der Waals surface area contributed by atoms with Gasteiger partial charge in [-0.05, 0) is 38.1 Å². The average molecular weight is 393 g/mol. The number of hydrogen-bond acceptors (Lipinski definition) is 9. The molecule has 140 valence electrons. The van der Waals surface area contributed by atoms with Crippen LogP contribution in [0.2, 0.25) is 0 Å². The van der Waals surface area contributed by atoms with Crippen LogP contribution in [0.25, 0.3) is 10.9 Å². The number of fused-ring (bicyclic) bond motifs is 1. The van der Waals surface area contributed by atoms with E-state index in [1.54, 1.807) is 6.20 Å². The zero-order chi connectivity index (χ0) is 19.7. The van der Waals surface area contributed by atoms with Gasteiger partial charge in [-0.15, -0.1) is 11.3 Å². The molecule has 0 unspecified atom stereocenters. The highest BCUT2D eigenvalue weighted by atomic mass is 32.1. The molecule has 2 N–H and O–H groups in total. The number of hydrogen-bond donors (Lipinski definition) is 2. The zero-order valence-electron chi connectivity index (χ0n) is 15.0. The predicted molar refractivity (Wildman–Crippen MR) is 109 cm³/mol. The monoisotopic (exact) mass is 393 g/mol. The molecule has 0 amide bonds. The summed E-state index contributed by atoms with van der Waals surface area (Å²) in [5.41, 5.74) is 2.05. The van der Waals surface area contributed by atoms with Gasteiger partial charge in [-0.2, -0.15) is 0 Å². The summed E-state index contributed by atoms with van der Waals surface area (Å²) in [7, 11) is 0. The fourth-order valence-corrected chi connectivity index (χ4v) is 3.52. The van der Waals surface area contributed by atoms with Crippen LogP contribution in [-0.2, 0) is 0 Å². The molecule has 0 bridgehead atoms. The largest absolute Gasteiger partial charge is 0.353 e. The Hall–Kier alpha value is -3.66. The Labute approximate surface area is 163 Å². The fourth-order valence-electron chi connectivity index (χ4n) is 2.70. The number of anilines is 4. The zero-order valence-corrected chi connectivity index (χ0v) is 15.8. The SMILES string of the molecule is Cc1nc(Nc2ncnc(Nc3cccc4ncccc34)c2[N+](=O)[O-])sc1C. The van der Waals surface area contributed by atoms with Crippen LogP contribution >= 0.6 is 11.3 Å². The number of nitrogens with one attached hydrogen (secondary N) is 2. The van der Waals surface area contributed by atoms with Crippen LogP contribution in [-0.4, -0.2) is 24.9 Å². The summed E-state index contributed by atoms with van der Waals surface area (Å²) in [6, 6.07) is 9.20. The summed E-state index contributed by atoms with van der Waals surface area (Å²) in [5, 5.41) is 19.1. The van der Waals surface area contributed by atoms with Gasteiger partial charge >= 0.3 is 5.69 Å². The first-order valence-electron chi connectivity index (χ1n) is 8.34. The van der Waals surface area contributed by atoms with Crippen molar-refractivity contribution in [1.82, 2.24) is 19.9 Å². The minimum Gasteiger partial charge on any atom is -0.334 e. The summed E-state index contributed by atoms with van der Waals surface area (Å²) in [4.78, 5) is 29.1. The Morgan fingerprint density at radius 2 is 1.82 bits per heavy atom. The lowest BCUT2D eigenvalue weighted by Crippen LogP contribution is -2.05. The second-order valence-electron chi connectivity index (χ2n) is 5.96. The van der Waals surface area contributed by atoms with Crippen molar-refractivity contribution in [3.8, 4) is 0 Å². The van der Waals surface area contributed by atoms with E-state index in [1.807, 2.05) is 44.2 Å². The molecule has 3 aromatic heterocycles. The first-order valence-corrected chi connectivity index (χ1v) is 9.16. The second kappa shape index (κ2) is 7.16. The molecule has 0 aliphatic rings. The molecular weight excluding hydrogens is 378 g/mol. The third kappa shape index (κ3) is 3.32. The maximum Gasteiger partial charge on any atom is 0.353 e. The summed E-state index contributed by atoms with van der Waals surface area (Å²) < 4.78 is 0. The quantitative estimate of drug-likeness (QED) is 0.376. The van der Waals surface area contributed by atoms with E-state index in [9.17, 15) is 10.1 Å². The van der Waals surface area contributed by atoms with Crippen molar-refractivity contribution in [2.24, 2.45) is 0 Å². The van der Waals surface area contributed by atoms with Gasteiger partial charge in [-0.3, -0.25) is 15.1 Å². The lowest BCUT2D eigenvalue weighted by Gasteiger charge is -2.10. The van der Waals surface area contributed by atoms with Gasteiger partial charge in [0.2, 0.25) is 11.6 Å². The lowest BCUT2D eigenvalue weighted by molar-refractivity contribution is -0.383. The van der Waals surface area contributed by atoms with Crippen molar-refractivity contribution in [2.75, 3.05) is 10.6 Å². The van der Waals surface area contributed by atoms with Gasteiger partial charge in [0, 0.05) is 22.1 Å². The molecule has 9 nitrogen and oxygen atoms in total. The summed E-state index contributed by atoms with van der Waals surface area (Å²) in [5.74, 6) is 0.165. The molecular formula is C18H15N7O2S. The van der Waals surface area contributed by atoms with Crippen LogP contribution in [0.5, 0.6) is 0 Å². The minimum atomic E-state index is -0.513. The van der Waals surface area contributed by atoms with Crippen molar-refractivity contribution in [3.63, 3.8) is 0 Å². The average Bonchev–Trinajstić information content (AvgIpc) is 2.99. The summed E-state index contributed by atoms with van der Waals surface area (Å²) in [6.45, 7) is 3.82. The van der Waals surface area contributed by atoms with Gasteiger partial charge in [0.25, 0.3) is 0 Å². The van der Waals surface area contributed by atoms with Gasteiger partial charge in [0.15, 0.2) is 5.13 Å². The third-order valence-electron chi connectivity index (χ3n) is 4.16. The van der Waals surface area contributed by atoms with E-state index in [0.717, 1.165) is 21.5 Å². The van der Waals surface area contributed by atoms with Crippen LogP contribution < -0.4 is 10.6 Å². The standard InChI is InChI=1S/C18H15N7O2S/c1-10-11(2)28-18(22-10)24-17-15(25(26)27)16(20-9-21-17)23-14-7-3-6-13-12(14)5-4-8-19-13/h3-9H,1-2H3,(H2,20,21,22,23,24). The van der Waals surface area contributed by atoms with Crippen molar-refractivity contribution in [2.45, 2.75) is 13.8 Å². The first-order chi connectivity index (χ1) is 13.5. The van der Waals surface area contributed by atoms with Crippen molar-refractivity contribution < 1.29 is 4.92 Å². The van der Waals surface area contributed by atoms with E-state index in [-0.39, 0.29) is 17.3 Å². The van der Waals surface area contributed by atoms with Crippen molar-refractivity contribution >= 4 is 50.4 Å². The van der Waals surface area contributed by atoms with E-state index >= 15 is 0 Å². The van der Waals surface area contributed by atoms with Gasteiger partial charge in [-0.1, -0.05) is 6.07 Å². The molecule has 0 atom stereocenters. The molecule has 0 aliphatic carbocycles. The van der Waals surface area contributed by atoms with Crippen LogP contribution in [0.15, 0.2) is 42.9 Å².